The summed E-state index contributed by atoms with van der Waals surface area (Å²) in [4.78, 5) is 14.2. The van der Waals surface area contributed by atoms with E-state index in [1.807, 2.05) is 66.9 Å². The number of aromatic nitrogens is 4. The monoisotopic (exact) mass is 1190 g/mol. The van der Waals surface area contributed by atoms with E-state index in [0.717, 1.165) is 60.9 Å². The average Bonchev–Trinajstić information content (AvgIpc) is 2.94. The van der Waals surface area contributed by atoms with Crippen LogP contribution in [0.5, 0.6) is 0 Å². The van der Waals surface area contributed by atoms with Gasteiger partial charge in [-0.05, 0) is 143 Å². The van der Waals surface area contributed by atoms with E-state index in [0.29, 0.717) is 68.9 Å². The van der Waals surface area contributed by atoms with E-state index >= 15 is 4.39 Å². The number of fused-ring (bicyclic) bond motifs is 3. The quantitative estimate of drug-likeness (QED) is 0.108. The number of rotatable bonds is 13. The number of nitrogens with zero attached hydrogens (tertiary/aromatic N) is 4. The Hall–Kier alpha value is -8.55. The number of benzene rings is 8. The summed E-state index contributed by atoms with van der Waals surface area (Å²) >= 11 is 0. The summed E-state index contributed by atoms with van der Waals surface area (Å²) in [5, 5.41) is 2.31. The van der Waals surface area contributed by atoms with Gasteiger partial charge in [0, 0.05) is 60.5 Å². The topological polar surface area (TPSA) is 43.6 Å². The summed E-state index contributed by atoms with van der Waals surface area (Å²) in [7, 11) is 0. The molecule has 0 unspecified atom stereocenters. The van der Waals surface area contributed by atoms with Crippen LogP contribution in [0.25, 0.3) is 94.6 Å². The van der Waals surface area contributed by atoms with Gasteiger partial charge in [-0.1, -0.05) is 102 Å². The maximum absolute atomic E-state index is 16.1. The molecule has 8 heteroatoms. The normalized spacial score (nSPS) is 12.8. The van der Waals surface area contributed by atoms with Crippen molar-refractivity contribution in [2.24, 2.45) is 0 Å². The van der Waals surface area contributed by atoms with E-state index in [9.17, 15) is 8.78 Å². The van der Waals surface area contributed by atoms with E-state index in [2.05, 4.69) is 93.4 Å². The van der Waals surface area contributed by atoms with Crippen molar-refractivity contribution >= 4 is 21.8 Å². The zero-order valence-electron chi connectivity index (χ0n) is 47.2. The van der Waals surface area contributed by atoms with Crippen LogP contribution in [0.3, 0.4) is 0 Å². The van der Waals surface area contributed by atoms with Crippen molar-refractivity contribution in [1.82, 2.24) is 19.5 Å². The molecule has 8 aromatic carbocycles. The van der Waals surface area contributed by atoms with E-state index in [4.69, 9.17) is 13.2 Å². The Morgan fingerprint density at radius 2 is 0.974 bits per heavy atom. The van der Waals surface area contributed by atoms with E-state index in [-0.39, 0.29) is 44.1 Å². The van der Waals surface area contributed by atoms with Crippen molar-refractivity contribution in [2.75, 3.05) is 0 Å². The zero-order valence-corrected chi connectivity index (χ0v) is 43.6. The fraction of sp³-hybridized carbons (Fsp3) is 0.0870. The van der Waals surface area contributed by atoms with Gasteiger partial charge >= 0.3 is 20.1 Å². The molecule has 0 atom stereocenters. The van der Waals surface area contributed by atoms with E-state index in [1.165, 1.54) is 60.7 Å². The second kappa shape index (κ2) is 22.0. The van der Waals surface area contributed by atoms with Gasteiger partial charge in [0.25, 0.3) is 0 Å². The number of pyridine rings is 3. The van der Waals surface area contributed by atoms with Crippen molar-refractivity contribution in [1.29, 1.82) is 0 Å². The molecule has 374 valence electrons. The molecular weight excluding hydrogens is 1130 g/mol. The molecule has 0 aliphatic carbocycles. The largest absolute Gasteiger partial charge is 3.00 e. The molecule has 77 heavy (non-hydrogen) atoms. The molecule has 4 aromatic heterocycles. The van der Waals surface area contributed by atoms with Gasteiger partial charge < -0.3 is 19.5 Å². The van der Waals surface area contributed by atoms with Crippen LogP contribution in [0.1, 0.15) is 41.6 Å². The van der Waals surface area contributed by atoms with E-state index < -0.39 is 31.2 Å². The van der Waals surface area contributed by atoms with Gasteiger partial charge in [0.2, 0.25) is 0 Å². The van der Waals surface area contributed by atoms with E-state index in [1.54, 1.807) is 18.5 Å². The summed E-state index contributed by atoms with van der Waals surface area (Å²) in [6.45, 7) is -5.03. The molecule has 0 amide bonds. The Balaban J connectivity index is 0.00000721. The molecule has 0 aliphatic heterocycles. The number of hydrogen-bond acceptors (Lipinski definition) is 3. The molecule has 0 saturated heterocycles. The van der Waals surface area contributed by atoms with Crippen molar-refractivity contribution in [2.45, 2.75) is 39.4 Å². The molecule has 4 heterocycles. The van der Waals surface area contributed by atoms with Gasteiger partial charge in [0.15, 0.2) is 0 Å². The molecule has 0 bridgehead atoms. The third-order valence-electron chi connectivity index (χ3n) is 14.0. The predicted octanol–water partition coefficient (Wildman–Crippen LogP) is 17.0. The fourth-order valence-electron chi connectivity index (χ4n) is 10.1. The Kier molecular flexibility index (Phi) is 12.5. The Bertz CT molecular complexity index is 4160. The first-order valence-corrected chi connectivity index (χ1v) is 24.9. The van der Waals surface area contributed by atoms with Crippen LogP contribution in [0.2, 0.25) is 0 Å². The molecular formula is C69H48F3IrN4. The molecule has 0 aliphatic rings. The maximum atomic E-state index is 16.1. The van der Waals surface area contributed by atoms with Crippen LogP contribution in [0, 0.1) is 49.4 Å². The van der Waals surface area contributed by atoms with Crippen LogP contribution in [0.15, 0.2) is 207 Å². The van der Waals surface area contributed by atoms with Crippen molar-refractivity contribution in [3.8, 4) is 72.8 Å². The Morgan fingerprint density at radius 1 is 0.442 bits per heavy atom. The van der Waals surface area contributed by atoms with Gasteiger partial charge in [-0.3, -0.25) is 8.78 Å². The summed E-state index contributed by atoms with van der Waals surface area (Å²) in [5.41, 5.74) is 13.5. The van der Waals surface area contributed by atoms with Crippen molar-refractivity contribution in [3.63, 3.8) is 0 Å². The van der Waals surface area contributed by atoms with Crippen LogP contribution >= 0.6 is 0 Å². The van der Waals surface area contributed by atoms with Crippen molar-refractivity contribution < 1.29 is 41.5 Å². The molecule has 0 spiro atoms. The van der Waals surface area contributed by atoms with Crippen molar-refractivity contribution in [3.05, 3.63) is 276 Å². The zero-order chi connectivity index (χ0) is 56.7. The van der Waals surface area contributed by atoms with Gasteiger partial charge in [0.1, 0.15) is 5.82 Å². The third kappa shape index (κ3) is 10.6. The summed E-state index contributed by atoms with van der Waals surface area (Å²) in [6.07, 6.45) is 6.12. The van der Waals surface area contributed by atoms with Crippen LogP contribution in [-0.4, -0.2) is 19.5 Å². The smallest absolute Gasteiger partial charge is 0.309 e. The second-order valence-electron chi connectivity index (χ2n) is 18.8. The molecule has 0 fully saturated rings. The first-order chi connectivity index (χ1) is 39.6. The minimum absolute atomic E-state index is 0. The number of halogens is 3. The number of hydrogen-bond donors (Lipinski definition) is 0. The molecule has 12 aromatic rings. The molecule has 0 N–H and O–H groups in total. The van der Waals surface area contributed by atoms with Gasteiger partial charge in [-0.15, -0.1) is 95.6 Å². The second-order valence-corrected chi connectivity index (χ2v) is 18.8. The predicted molar refractivity (Wildman–Crippen MR) is 300 cm³/mol. The maximum Gasteiger partial charge on any atom is 3.00 e. The summed E-state index contributed by atoms with van der Waals surface area (Å²) < 4.78 is 97.3. The number of aryl methyl sites for hydroxylation is 6. The standard InChI is InChI=1S/C69H48F3N4.Ir/c1-44-34-65(50-20-26-55(70)27-21-50)73-41-52(44)18-16-46-36-47(17-19-53-42-74-66(35-45(53)2)51-22-28-56(71)29-23-51)38-54(37-46)62-39-57(72)30-33-59(62)64-43-75-67(49-10-4-3-5-11-49)40-63(64)48-24-31-58(32-25-48)76-68-14-8-6-12-60(68)61-13-7-9-15-69(61)76;/h3-10,12-15,20,22,24-43H,16-19H2,1-2H3;/q-3;+3/i1D3,2D3;. The first kappa shape index (κ1) is 43.7. The molecule has 0 saturated carbocycles. The summed E-state index contributed by atoms with van der Waals surface area (Å²) in [6, 6.07) is 65.4. The fourth-order valence-corrected chi connectivity index (χ4v) is 10.1. The minimum atomic E-state index is -2.51. The minimum Gasteiger partial charge on any atom is -0.309 e. The van der Waals surface area contributed by atoms with Gasteiger partial charge in [-0.25, -0.2) is 4.39 Å². The number of para-hydroxylation sites is 2. The molecule has 12 rings (SSSR count). The van der Waals surface area contributed by atoms with Gasteiger partial charge in [-0.2, -0.15) is 0 Å². The Morgan fingerprint density at radius 3 is 1.53 bits per heavy atom. The molecule has 0 radical (unpaired) electrons. The van der Waals surface area contributed by atoms with Crippen LogP contribution in [0.4, 0.5) is 13.2 Å². The molecule has 4 nitrogen and oxygen atoms in total. The van der Waals surface area contributed by atoms with Crippen LogP contribution < -0.4 is 0 Å². The van der Waals surface area contributed by atoms with Gasteiger partial charge in [0.05, 0.1) is 11.0 Å². The SMILES string of the molecule is [2H]C([2H])([2H])c1cc(-c2[c-]cc(F)cc2)ncc1CCc1cc(CCc2cnc(-c3[c-]cc(F)cc3)cc2C([2H])([2H])[2H])cc(-c2cc(F)ccc2-c2cnc(-c3[c-]cccc3)cc2-c2ccc(-n3c4ccccc4c4ccccc43)cc2)c1.[Ir+3]. The average molecular weight is 1190 g/mol. The Labute approximate surface area is 468 Å². The third-order valence-corrected chi connectivity index (χ3v) is 14.0. The van der Waals surface area contributed by atoms with Crippen LogP contribution in [-0.2, 0) is 45.8 Å². The first-order valence-electron chi connectivity index (χ1n) is 27.9. The summed E-state index contributed by atoms with van der Waals surface area (Å²) in [5.74, 6) is -1.42.